The number of nitrogens with two attached hydrogens (primary N) is 1. The summed E-state index contributed by atoms with van der Waals surface area (Å²) < 4.78 is 5.26. The SMILES string of the molecule is CC1(NC(=O)c2ncccc2N)CCOC1. The summed E-state index contributed by atoms with van der Waals surface area (Å²) in [5, 5.41) is 2.91. The summed E-state index contributed by atoms with van der Waals surface area (Å²) >= 11 is 0. The Kier molecular flexibility index (Phi) is 2.78. The molecule has 0 bridgehead atoms. The van der Waals surface area contributed by atoms with Gasteiger partial charge >= 0.3 is 0 Å². The number of nitrogens with one attached hydrogen (secondary N) is 1. The molecule has 1 fully saturated rings. The first-order chi connectivity index (χ1) is 7.61. The number of pyridine rings is 1. The Morgan fingerprint density at radius 3 is 3.12 bits per heavy atom. The van der Waals surface area contributed by atoms with Crippen molar-refractivity contribution < 1.29 is 9.53 Å². The van der Waals surface area contributed by atoms with Gasteiger partial charge in [0, 0.05) is 12.8 Å². The maximum Gasteiger partial charge on any atom is 0.272 e. The van der Waals surface area contributed by atoms with E-state index in [0.29, 0.717) is 18.9 Å². The topological polar surface area (TPSA) is 77.2 Å². The average Bonchev–Trinajstić information content (AvgIpc) is 2.65. The van der Waals surface area contributed by atoms with Crippen LogP contribution in [0, 0.1) is 0 Å². The van der Waals surface area contributed by atoms with E-state index < -0.39 is 0 Å². The maximum atomic E-state index is 11.9. The van der Waals surface area contributed by atoms with Gasteiger partial charge in [-0.15, -0.1) is 0 Å². The average molecular weight is 221 g/mol. The van der Waals surface area contributed by atoms with Gasteiger partial charge in [0.1, 0.15) is 0 Å². The third-order valence-electron chi connectivity index (χ3n) is 2.69. The first kappa shape index (κ1) is 10.9. The van der Waals surface area contributed by atoms with Gasteiger partial charge in [-0.05, 0) is 25.5 Å². The number of hydrogen-bond donors (Lipinski definition) is 2. The highest BCUT2D eigenvalue weighted by Crippen LogP contribution is 2.18. The minimum absolute atomic E-state index is 0.244. The van der Waals surface area contributed by atoms with Crippen LogP contribution in [0.4, 0.5) is 5.69 Å². The first-order valence-corrected chi connectivity index (χ1v) is 5.21. The molecule has 0 aromatic carbocycles. The largest absolute Gasteiger partial charge is 0.397 e. The fourth-order valence-electron chi connectivity index (χ4n) is 1.71. The summed E-state index contributed by atoms with van der Waals surface area (Å²) in [6.07, 6.45) is 2.37. The number of anilines is 1. The number of aromatic nitrogens is 1. The zero-order chi connectivity index (χ0) is 11.6. The molecular formula is C11H15N3O2. The molecule has 16 heavy (non-hydrogen) atoms. The van der Waals surface area contributed by atoms with Crippen LogP contribution >= 0.6 is 0 Å². The van der Waals surface area contributed by atoms with Crippen LogP contribution in [-0.4, -0.2) is 29.6 Å². The maximum absolute atomic E-state index is 11.9. The number of amides is 1. The molecule has 1 saturated heterocycles. The van der Waals surface area contributed by atoms with E-state index in [2.05, 4.69) is 10.3 Å². The number of nitrogens with zero attached hydrogens (tertiary/aromatic N) is 1. The molecule has 1 aliphatic heterocycles. The number of nitrogen functional groups attached to an aromatic ring is 1. The van der Waals surface area contributed by atoms with E-state index in [1.807, 2.05) is 6.92 Å². The number of carbonyl (C=O) groups is 1. The van der Waals surface area contributed by atoms with Gasteiger partial charge in [0.05, 0.1) is 17.8 Å². The van der Waals surface area contributed by atoms with Crippen molar-refractivity contribution in [3.8, 4) is 0 Å². The summed E-state index contributed by atoms with van der Waals surface area (Å²) in [5.74, 6) is -0.244. The number of hydrogen-bond acceptors (Lipinski definition) is 4. The van der Waals surface area contributed by atoms with Crippen LogP contribution in [0.25, 0.3) is 0 Å². The van der Waals surface area contributed by atoms with E-state index in [1.54, 1.807) is 18.3 Å². The van der Waals surface area contributed by atoms with Crippen LogP contribution in [0.1, 0.15) is 23.8 Å². The van der Waals surface area contributed by atoms with Crippen LogP contribution in [-0.2, 0) is 4.74 Å². The highest BCUT2D eigenvalue weighted by atomic mass is 16.5. The lowest BCUT2D eigenvalue weighted by Gasteiger charge is -2.23. The van der Waals surface area contributed by atoms with Crippen LogP contribution in [0.2, 0.25) is 0 Å². The van der Waals surface area contributed by atoms with Crippen LogP contribution in [0.3, 0.4) is 0 Å². The van der Waals surface area contributed by atoms with E-state index in [1.165, 1.54) is 0 Å². The van der Waals surface area contributed by atoms with Gasteiger partial charge in [-0.25, -0.2) is 4.98 Å². The molecule has 86 valence electrons. The second-order valence-electron chi connectivity index (χ2n) is 4.26. The Morgan fingerprint density at radius 1 is 1.69 bits per heavy atom. The Hall–Kier alpha value is -1.62. The van der Waals surface area contributed by atoms with Gasteiger partial charge in [-0.3, -0.25) is 4.79 Å². The summed E-state index contributed by atoms with van der Waals surface area (Å²) in [5.41, 5.74) is 6.04. The molecule has 1 aromatic heterocycles. The van der Waals surface area contributed by atoms with Gasteiger partial charge in [-0.2, -0.15) is 0 Å². The molecule has 1 amide bonds. The molecule has 2 rings (SSSR count). The Bertz CT molecular complexity index is 400. The summed E-state index contributed by atoms with van der Waals surface area (Å²) in [6.45, 7) is 3.16. The lowest BCUT2D eigenvalue weighted by atomic mass is 10.0. The molecule has 1 atom stereocenters. The minimum atomic E-state index is -0.305. The predicted octanol–water partition coefficient (Wildman–Crippen LogP) is 0.573. The van der Waals surface area contributed by atoms with E-state index in [9.17, 15) is 4.79 Å². The van der Waals surface area contributed by atoms with Gasteiger partial charge < -0.3 is 15.8 Å². The van der Waals surface area contributed by atoms with Gasteiger partial charge in [-0.1, -0.05) is 0 Å². The zero-order valence-corrected chi connectivity index (χ0v) is 9.19. The molecule has 0 saturated carbocycles. The smallest absolute Gasteiger partial charge is 0.272 e. The zero-order valence-electron chi connectivity index (χ0n) is 9.19. The quantitative estimate of drug-likeness (QED) is 0.765. The highest BCUT2D eigenvalue weighted by Gasteiger charge is 2.32. The molecule has 1 aromatic rings. The second kappa shape index (κ2) is 4.09. The van der Waals surface area contributed by atoms with E-state index in [-0.39, 0.29) is 17.1 Å². The van der Waals surface area contributed by atoms with Crippen LogP contribution in [0.15, 0.2) is 18.3 Å². The number of carbonyl (C=O) groups excluding carboxylic acids is 1. The minimum Gasteiger partial charge on any atom is -0.397 e. The third-order valence-corrected chi connectivity index (χ3v) is 2.69. The highest BCUT2D eigenvalue weighted by molar-refractivity contribution is 5.97. The van der Waals surface area contributed by atoms with Crippen molar-refractivity contribution in [3.63, 3.8) is 0 Å². The summed E-state index contributed by atoms with van der Waals surface area (Å²) in [7, 11) is 0. The molecule has 0 radical (unpaired) electrons. The number of ether oxygens (including phenoxy) is 1. The van der Waals surface area contributed by atoms with E-state index >= 15 is 0 Å². The number of rotatable bonds is 2. The first-order valence-electron chi connectivity index (χ1n) is 5.21. The molecule has 1 unspecified atom stereocenters. The van der Waals surface area contributed by atoms with Gasteiger partial charge in [0.2, 0.25) is 0 Å². The lowest BCUT2D eigenvalue weighted by molar-refractivity contribution is 0.0886. The molecule has 0 spiro atoms. The fraction of sp³-hybridized carbons (Fsp3) is 0.455. The molecule has 1 aliphatic rings. The van der Waals surface area contributed by atoms with Crippen molar-refractivity contribution in [2.24, 2.45) is 0 Å². The molecule has 0 aliphatic carbocycles. The normalized spacial score (nSPS) is 24.3. The summed E-state index contributed by atoms with van der Waals surface area (Å²) in [6, 6.07) is 3.36. The van der Waals surface area contributed by atoms with Crippen molar-refractivity contribution in [2.75, 3.05) is 18.9 Å². The predicted molar refractivity (Wildman–Crippen MR) is 60.0 cm³/mol. The Labute approximate surface area is 94.0 Å². The van der Waals surface area contributed by atoms with Crippen molar-refractivity contribution in [3.05, 3.63) is 24.0 Å². The molecule has 3 N–H and O–H groups in total. The molecule has 5 heteroatoms. The van der Waals surface area contributed by atoms with Gasteiger partial charge in [0.25, 0.3) is 5.91 Å². The second-order valence-corrected chi connectivity index (χ2v) is 4.26. The third kappa shape index (κ3) is 2.14. The van der Waals surface area contributed by atoms with E-state index in [4.69, 9.17) is 10.5 Å². The fourth-order valence-corrected chi connectivity index (χ4v) is 1.71. The monoisotopic (exact) mass is 221 g/mol. The lowest BCUT2D eigenvalue weighted by Crippen LogP contribution is -2.46. The van der Waals surface area contributed by atoms with Crippen LogP contribution < -0.4 is 11.1 Å². The van der Waals surface area contributed by atoms with Crippen LogP contribution in [0.5, 0.6) is 0 Å². The molecule has 2 heterocycles. The Balaban J connectivity index is 2.11. The van der Waals surface area contributed by atoms with Crippen molar-refractivity contribution in [1.29, 1.82) is 0 Å². The van der Waals surface area contributed by atoms with Crippen molar-refractivity contribution in [1.82, 2.24) is 10.3 Å². The van der Waals surface area contributed by atoms with E-state index in [0.717, 1.165) is 6.42 Å². The molecular weight excluding hydrogens is 206 g/mol. The summed E-state index contributed by atoms with van der Waals surface area (Å²) in [4.78, 5) is 15.9. The standard InChI is InChI=1S/C11H15N3O2/c1-11(4-6-16-7-11)14-10(15)9-8(12)3-2-5-13-9/h2-3,5H,4,6-7,12H2,1H3,(H,14,15). The van der Waals surface area contributed by atoms with Crippen molar-refractivity contribution in [2.45, 2.75) is 18.9 Å². The van der Waals surface area contributed by atoms with Gasteiger partial charge in [0.15, 0.2) is 5.69 Å². The van der Waals surface area contributed by atoms with Crippen molar-refractivity contribution >= 4 is 11.6 Å². The Morgan fingerprint density at radius 2 is 2.50 bits per heavy atom. The molecule has 5 nitrogen and oxygen atoms in total.